The van der Waals surface area contributed by atoms with Crippen molar-refractivity contribution in [2.75, 3.05) is 18.5 Å². The van der Waals surface area contributed by atoms with Crippen molar-refractivity contribution < 1.29 is 9.47 Å². The molecule has 2 aromatic rings. The van der Waals surface area contributed by atoms with Crippen LogP contribution in [0.1, 0.15) is 18.1 Å². The number of hydrogen-bond donors (Lipinski definition) is 1. The van der Waals surface area contributed by atoms with Crippen molar-refractivity contribution in [2.24, 2.45) is 0 Å². The highest BCUT2D eigenvalue weighted by Gasteiger charge is 2.12. The molecule has 0 unspecified atom stereocenters. The van der Waals surface area contributed by atoms with Gasteiger partial charge >= 0.3 is 0 Å². The second-order valence-electron chi connectivity index (χ2n) is 5.05. The zero-order valence-corrected chi connectivity index (χ0v) is 14.1. The van der Waals surface area contributed by atoms with E-state index in [4.69, 9.17) is 27.5 Å². The summed E-state index contributed by atoms with van der Waals surface area (Å²) in [6.45, 7) is 5.29. The first-order valence-electron chi connectivity index (χ1n) is 7.46. The number of benzene rings is 2. The van der Waals surface area contributed by atoms with E-state index in [0.717, 1.165) is 11.3 Å². The van der Waals surface area contributed by atoms with Crippen LogP contribution in [0.5, 0.6) is 11.5 Å². The number of hydrogen-bond acceptors (Lipinski definition) is 3. The highest BCUT2D eigenvalue weighted by molar-refractivity contribution is 6.32. The smallest absolute Gasteiger partial charge is 0.181 e. The molecule has 0 aliphatic heterocycles. The summed E-state index contributed by atoms with van der Waals surface area (Å²) in [6.07, 6.45) is 5.23. The van der Waals surface area contributed by atoms with Gasteiger partial charge in [-0.25, -0.2) is 0 Å². The largest absolute Gasteiger partial charge is 0.490 e. The summed E-state index contributed by atoms with van der Waals surface area (Å²) in [7, 11) is 0. The van der Waals surface area contributed by atoms with Crippen LogP contribution < -0.4 is 14.8 Å². The summed E-state index contributed by atoms with van der Waals surface area (Å²) in [5, 5.41) is 3.85. The zero-order chi connectivity index (χ0) is 16.7. The van der Waals surface area contributed by atoms with Crippen molar-refractivity contribution in [1.29, 1.82) is 0 Å². The maximum Gasteiger partial charge on any atom is 0.181 e. The minimum Gasteiger partial charge on any atom is -0.490 e. The molecule has 0 radical (unpaired) electrons. The van der Waals surface area contributed by atoms with Gasteiger partial charge in [-0.2, -0.15) is 0 Å². The molecular weight excluding hydrogens is 310 g/mol. The van der Waals surface area contributed by atoms with E-state index in [2.05, 4.69) is 30.3 Å². The van der Waals surface area contributed by atoms with Crippen LogP contribution in [0.15, 0.2) is 36.4 Å². The topological polar surface area (TPSA) is 30.5 Å². The highest BCUT2D eigenvalue weighted by atomic mass is 35.5. The lowest BCUT2D eigenvalue weighted by atomic mass is 10.2. The number of terminal acetylenes is 1. The summed E-state index contributed by atoms with van der Waals surface area (Å²) in [5.74, 6) is 3.53. The molecule has 0 fully saturated rings. The fourth-order valence-corrected chi connectivity index (χ4v) is 2.40. The Morgan fingerprint density at radius 3 is 2.57 bits per heavy atom. The molecule has 4 heteroatoms. The number of ether oxygens (including phenoxy) is 2. The molecule has 23 heavy (non-hydrogen) atoms. The Morgan fingerprint density at radius 1 is 1.17 bits per heavy atom. The predicted molar refractivity (Wildman–Crippen MR) is 95.5 cm³/mol. The molecule has 0 amide bonds. The Labute approximate surface area is 142 Å². The van der Waals surface area contributed by atoms with Crippen LogP contribution in [0.4, 0.5) is 5.69 Å². The molecule has 0 bridgehead atoms. The van der Waals surface area contributed by atoms with Crippen LogP contribution in [0.2, 0.25) is 5.02 Å². The van der Waals surface area contributed by atoms with Crippen LogP contribution >= 0.6 is 11.6 Å². The average Bonchev–Trinajstić information content (AvgIpc) is 2.54. The Morgan fingerprint density at radius 2 is 1.91 bits per heavy atom. The van der Waals surface area contributed by atoms with E-state index in [1.54, 1.807) is 0 Å². The molecule has 0 heterocycles. The Hall–Kier alpha value is -2.31. The van der Waals surface area contributed by atoms with E-state index in [1.165, 1.54) is 5.56 Å². The van der Waals surface area contributed by atoms with Gasteiger partial charge in [-0.1, -0.05) is 35.2 Å². The second kappa shape index (κ2) is 8.36. The van der Waals surface area contributed by atoms with Gasteiger partial charge in [0, 0.05) is 12.2 Å². The third kappa shape index (κ3) is 4.84. The third-order valence-electron chi connectivity index (χ3n) is 3.22. The predicted octanol–water partition coefficient (Wildman–Crippen LogP) is 4.67. The molecule has 2 aromatic carbocycles. The van der Waals surface area contributed by atoms with Gasteiger partial charge in [0.1, 0.15) is 6.61 Å². The second-order valence-corrected chi connectivity index (χ2v) is 5.46. The molecule has 0 spiro atoms. The SMILES string of the molecule is C#CCOc1c(Cl)cc(CNc2ccc(C)cc2)cc1OCC. The van der Waals surface area contributed by atoms with Gasteiger partial charge in [0.2, 0.25) is 0 Å². The first-order chi connectivity index (χ1) is 11.1. The number of anilines is 1. The summed E-state index contributed by atoms with van der Waals surface area (Å²) >= 11 is 6.31. The van der Waals surface area contributed by atoms with Crippen molar-refractivity contribution in [3.63, 3.8) is 0 Å². The highest BCUT2D eigenvalue weighted by Crippen LogP contribution is 2.36. The lowest BCUT2D eigenvalue weighted by Gasteiger charge is -2.15. The van der Waals surface area contributed by atoms with Gasteiger partial charge in [0.25, 0.3) is 0 Å². The third-order valence-corrected chi connectivity index (χ3v) is 3.50. The molecular formula is C19H20ClNO2. The van der Waals surface area contributed by atoms with Crippen LogP contribution in [0, 0.1) is 19.3 Å². The maximum atomic E-state index is 6.31. The number of halogens is 1. The minimum absolute atomic E-state index is 0.154. The fraction of sp³-hybridized carbons (Fsp3) is 0.263. The molecule has 120 valence electrons. The normalized spacial score (nSPS) is 10.0. The molecule has 1 N–H and O–H groups in total. The van der Waals surface area contributed by atoms with Crippen LogP contribution in [0.3, 0.4) is 0 Å². The molecule has 0 aliphatic carbocycles. The Balaban J connectivity index is 2.15. The van der Waals surface area contributed by atoms with Gasteiger partial charge < -0.3 is 14.8 Å². The molecule has 2 rings (SSSR count). The van der Waals surface area contributed by atoms with Crippen LogP contribution in [-0.2, 0) is 6.54 Å². The lowest BCUT2D eigenvalue weighted by Crippen LogP contribution is -2.03. The first kappa shape index (κ1) is 17.1. The van der Waals surface area contributed by atoms with Crippen LogP contribution in [0.25, 0.3) is 0 Å². The molecule has 0 atom stereocenters. The lowest BCUT2D eigenvalue weighted by molar-refractivity contribution is 0.299. The van der Waals surface area contributed by atoms with Gasteiger partial charge in [-0.3, -0.25) is 0 Å². The van der Waals surface area contributed by atoms with Crippen molar-refractivity contribution in [3.8, 4) is 23.8 Å². The van der Waals surface area contributed by atoms with Gasteiger partial charge in [-0.15, -0.1) is 6.42 Å². The quantitative estimate of drug-likeness (QED) is 0.749. The Bertz CT molecular complexity index is 690. The van der Waals surface area contributed by atoms with E-state index in [-0.39, 0.29) is 6.61 Å². The summed E-state index contributed by atoms with van der Waals surface area (Å²) in [4.78, 5) is 0. The monoisotopic (exact) mass is 329 g/mol. The van der Waals surface area contributed by atoms with Gasteiger partial charge in [0.05, 0.1) is 11.6 Å². The number of nitrogens with one attached hydrogen (secondary N) is 1. The molecule has 0 aromatic heterocycles. The first-order valence-corrected chi connectivity index (χ1v) is 7.84. The summed E-state index contributed by atoms with van der Waals surface area (Å²) in [6, 6.07) is 12.0. The van der Waals surface area contributed by atoms with E-state index in [0.29, 0.717) is 29.7 Å². The maximum absolute atomic E-state index is 6.31. The standard InChI is InChI=1S/C19H20ClNO2/c1-4-10-23-19-17(20)11-15(12-18(19)22-5-2)13-21-16-8-6-14(3)7-9-16/h1,6-9,11-12,21H,5,10,13H2,2-3H3. The molecule has 0 saturated carbocycles. The van der Waals surface area contributed by atoms with Crippen molar-refractivity contribution >= 4 is 17.3 Å². The van der Waals surface area contributed by atoms with E-state index >= 15 is 0 Å². The van der Waals surface area contributed by atoms with Gasteiger partial charge in [-0.05, 0) is 43.7 Å². The number of rotatable bonds is 7. The number of aryl methyl sites for hydroxylation is 1. The average molecular weight is 330 g/mol. The van der Waals surface area contributed by atoms with Crippen molar-refractivity contribution in [3.05, 3.63) is 52.5 Å². The summed E-state index contributed by atoms with van der Waals surface area (Å²) in [5.41, 5.74) is 3.29. The van der Waals surface area contributed by atoms with Crippen molar-refractivity contribution in [2.45, 2.75) is 20.4 Å². The van der Waals surface area contributed by atoms with E-state index in [9.17, 15) is 0 Å². The zero-order valence-electron chi connectivity index (χ0n) is 13.4. The molecule has 0 saturated heterocycles. The van der Waals surface area contributed by atoms with Crippen molar-refractivity contribution in [1.82, 2.24) is 0 Å². The molecule has 0 aliphatic rings. The minimum atomic E-state index is 0.154. The van der Waals surface area contributed by atoms with Gasteiger partial charge in [0.15, 0.2) is 11.5 Å². The molecule has 3 nitrogen and oxygen atoms in total. The van der Waals surface area contributed by atoms with E-state index in [1.807, 2.05) is 31.2 Å². The fourth-order valence-electron chi connectivity index (χ4n) is 2.12. The summed E-state index contributed by atoms with van der Waals surface area (Å²) < 4.78 is 11.1. The van der Waals surface area contributed by atoms with Crippen LogP contribution in [-0.4, -0.2) is 13.2 Å². The Kier molecular flexibility index (Phi) is 6.19. The van der Waals surface area contributed by atoms with E-state index < -0.39 is 0 Å².